The van der Waals surface area contributed by atoms with Crippen LogP contribution in [-0.4, -0.2) is 28.9 Å². The molecule has 2 rings (SSSR count). The van der Waals surface area contributed by atoms with Crippen LogP contribution in [0.2, 0.25) is 5.02 Å². The van der Waals surface area contributed by atoms with Gasteiger partial charge in [-0.3, -0.25) is 4.79 Å². The number of hydrogen-bond acceptors (Lipinski definition) is 3. The zero-order valence-corrected chi connectivity index (χ0v) is 12.0. The molecule has 104 valence electrons. The summed E-state index contributed by atoms with van der Waals surface area (Å²) in [6.45, 7) is 3.77. The molecule has 0 radical (unpaired) electrons. The number of anilines is 1. The van der Waals surface area contributed by atoms with Crippen molar-refractivity contribution in [1.82, 2.24) is 9.88 Å². The van der Waals surface area contributed by atoms with Gasteiger partial charge in [-0.1, -0.05) is 24.9 Å². The normalized spacial score (nSPS) is 20.1. The Balaban J connectivity index is 2.13. The number of likely N-dealkylation sites (tertiary alicyclic amines) is 1. The summed E-state index contributed by atoms with van der Waals surface area (Å²) in [5, 5.41) is 0.371. The Morgan fingerprint density at radius 1 is 1.47 bits per heavy atom. The second-order valence-electron chi connectivity index (χ2n) is 5.06. The highest BCUT2D eigenvalue weighted by Crippen LogP contribution is 2.23. The molecular weight excluding hydrogens is 262 g/mol. The van der Waals surface area contributed by atoms with E-state index in [2.05, 4.69) is 11.9 Å². The molecule has 0 bridgehead atoms. The van der Waals surface area contributed by atoms with Gasteiger partial charge in [0.05, 0.1) is 5.02 Å². The lowest BCUT2D eigenvalue weighted by molar-refractivity contribution is 0.0754. The molecule has 1 fully saturated rings. The van der Waals surface area contributed by atoms with Crippen LogP contribution in [0, 0.1) is 5.92 Å². The smallest absolute Gasteiger partial charge is 0.274 e. The van der Waals surface area contributed by atoms with E-state index in [0.717, 1.165) is 31.8 Å². The molecule has 1 atom stereocenters. The largest absolute Gasteiger partial charge is 0.384 e. The van der Waals surface area contributed by atoms with Gasteiger partial charge in [0.15, 0.2) is 0 Å². The Morgan fingerprint density at radius 3 is 3.00 bits per heavy atom. The number of hydrogen-bond donors (Lipinski definition) is 1. The maximum atomic E-state index is 12.4. The number of nitrogen functional groups attached to an aromatic ring is 1. The highest BCUT2D eigenvalue weighted by molar-refractivity contribution is 6.33. The average molecular weight is 282 g/mol. The first kappa shape index (κ1) is 14.1. The van der Waals surface area contributed by atoms with Crippen molar-refractivity contribution >= 4 is 23.3 Å². The summed E-state index contributed by atoms with van der Waals surface area (Å²) >= 11 is 6.04. The molecule has 1 aliphatic heterocycles. The molecule has 1 unspecified atom stereocenters. The Kier molecular flexibility index (Phi) is 4.64. The summed E-state index contributed by atoms with van der Waals surface area (Å²) in [6.07, 6.45) is 4.48. The summed E-state index contributed by atoms with van der Waals surface area (Å²) in [5.41, 5.74) is 5.90. The number of halogens is 1. The van der Waals surface area contributed by atoms with Gasteiger partial charge in [-0.25, -0.2) is 4.98 Å². The molecule has 2 N–H and O–H groups in total. The maximum Gasteiger partial charge on any atom is 0.274 e. The summed E-state index contributed by atoms with van der Waals surface area (Å²) in [6, 6.07) is 3.23. The molecule has 1 amide bonds. The quantitative estimate of drug-likeness (QED) is 0.907. The van der Waals surface area contributed by atoms with Crippen LogP contribution in [0.1, 0.15) is 43.1 Å². The minimum absolute atomic E-state index is 0.103. The Bertz CT molecular complexity index is 464. The summed E-state index contributed by atoms with van der Waals surface area (Å²) < 4.78 is 0. The van der Waals surface area contributed by atoms with E-state index in [4.69, 9.17) is 17.3 Å². The summed E-state index contributed by atoms with van der Waals surface area (Å²) in [7, 11) is 0. The van der Waals surface area contributed by atoms with E-state index in [1.807, 2.05) is 4.90 Å². The number of nitrogens with zero attached hydrogens (tertiary/aromatic N) is 2. The first-order valence-corrected chi connectivity index (χ1v) is 7.21. The van der Waals surface area contributed by atoms with Crippen molar-refractivity contribution in [2.24, 2.45) is 5.92 Å². The predicted molar refractivity (Wildman–Crippen MR) is 77.2 cm³/mol. The molecule has 1 aromatic heterocycles. The highest BCUT2D eigenvalue weighted by atomic mass is 35.5. The molecule has 0 spiro atoms. The van der Waals surface area contributed by atoms with Crippen LogP contribution in [0.4, 0.5) is 5.82 Å². The zero-order valence-electron chi connectivity index (χ0n) is 11.2. The van der Waals surface area contributed by atoms with Crippen molar-refractivity contribution in [3.63, 3.8) is 0 Å². The van der Waals surface area contributed by atoms with E-state index < -0.39 is 0 Å². The molecule has 0 saturated carbocycles. The van der Waals surface area contributed by atoms with Gasteiger partial charge in [0, 0.05) is 13.1 Å². The van der Waals surface area contributed by atoms with E-state index >= 15 is 0 Å². The van der Waals surface area contributed by atoms with Crippen LogP contribution in [0.5, 0.6) is 0 Å². The minimum atomic E-state index is -0.103. The molecule has 5 heteroatoms. The number of rotatable bonds is 2. The number of carbonyl (C=O) groups excluding carboxylic acids is 1. The van der Waals surface area contributed by atoms with Gasteiger partial charge in [-0.15, -0.1) is 0 Å². The predicted octanol–water partition coefficient (Wildman–Crippen LogP) is 2.97. The van der Waals surface area contributed by atoms with Gasteiger partial charge >= 0.3 is 0 Å². The van der Waals surface area contributed by atoms with Crippen LogP contribution in [0.15, 0.2) is 12.1 Å². The van der Waals surface area contributed by atoms with Crippen molar-refractivity contribution in [2.75, 3.05) is 18.8 Å². The van der Waals surface area contributed by atoms with Crippen molar-refractivity contribution in [1.29, 1.82) is 0 Å². The Labute approximate surface area is 118 Å². The summed E-state index contributed by atoms with van der Waals surface area (Å²) in [4.78, 5) is 18.4. The van der Waals surface area contributed by atoms with Crippen molar-refractivity contribution in [3.8, 4) is 0 Å². The maximum absolute atomic E-state index is 12.4. The lowest BCUT2D eigenvalue weighted by Gasteiger charge is -2.20. The SMILES string of the molecule is CCC1CCCN(C(=O)c2nc(N)ccc2Cl)CC1. The topological polar surface area (TPSA) is 59.2 Å². The molecule has 1 aromatic rings. The molecule has 19 heavy (non-hydrogen) atoms. The van der Waals surface area contributed by atoms with Crippen LogP contribution >= 0.6 is 11.6 Å². The second-order valence-corrected chi connectivity index (χ2v) is 5.47. The van der Waals surface area contributed by atoms with E-state index in [0.29, 0.717) is 10.8 Å². The number of carbonyl (C=O) groups is 1. The van der Waals surface area contributed by atoms with Crippen molar-refractivity contribution < 1.29 is 4.79 Å². The van der Waals surface area contributed by atoms with Crippen LogP contribution in [-0.2, 0) is 0 Å². The minimum Gasteiger partial charge on any atom is -0.384 e. The number of amides is 1. The Hall–Kier alpha value is -1.29. The fraction of sp³-hybridized carbons (Fsp3) is 0.571. The van der Waals surface area contributed by atoms with Crippen LogP contribution < -0.4 is 5.73 Å². The second kappa shape index (κ2) is 6.24. The fourth-order valence-corrected chi connectivity index (χ4v) is 2.72. The lowest BCUT2D eigenvalue weighted by Crippen LogP contribution is -2.33. The van der Waals surface area contributed by atoms with Gasteiger partial charge in [0.25, 0.3) is 5.91 Å². The first-order chi connectivity index (χ1) is 9.11. The highest BCUT2D eigenvalue weighted by Gasteiger charge is 2.23. The third kappa shape index (κ3) is 3.38. The molecule has 2 heterocycles. The van der Waals surface area contributed by atoms with Gasteiger partial charge in [-0.05, 0) is 37.3 Å². The first-order valence-electron chi connectivity index (χ1n) is 6.83. The monoisotopic (exact) mass is 281 g/mol. The van der Waals surface area contributed by atoms with Crippen molar-refractivity contribution in [2.45, 2.75) is 32.6 Å². The number of aromatic nitrogens is 1. The third-order valence-electron chi connectivity index (χ3n) is 3.78. The lowest BCUT2D eigenvalue weighted by atomic mass is 9.98. The third-order valence-corrected chi connectivity index (χ3v) is 4.09. The van der Waals surface area contributed by atoms with Gasteiger partial charge in [0.2, 0.25) is 0 Å². The standard InChI is InChI=1S/C14H20ClN3O/c1-2-10-4-3-8-18(9-7-10)14(19)13-11(15)5-6-12(16)17-13/h5-6,10H,2-4,7-9H2,1H3,(H2,16,17). The van der Waals surface area contributed by atoms with E-state index in [9.17, 15) is 4.79 Å². The fourth-order valence-electron chi connectivity index (χ4n) is 2.53. The van der Waals surface area contributed by atoms with Gasteiger partial charge in [-0.2, -0.15) is 0 Å². The Morgan fingerprint density at radius 2 is 2.26 bits per heavy atom. The molecule has 4 nitrogen and oxygen atoms in total. The van der Waals surface area contributed by atoms with E-state index in [-0.39, 0.29) is 11.6 Å². The number of nitrogens with two attached hydrogens (primary N) is 1. The van der Waals surface area contributed by atoms with Crippen LogP contribution in [0.3, 0.4) is 0 Å². The van der Waals surface area contributed by atoms with Gasteiger partial charge < -0.3 is 10.6 Å². The molecule has 1 aliphatic rings. The molecule has 0 aromatic carbocycles. The molecule has 0 aliphatic carbocycles. The average Bonchev–Trinajstić information content (AvgIpc) is 2.66. The van der Waals surface area contributed by atoms with E-state index in [1.165, 1.54) is 12.8 Å². The van der Waals surface area contributed by atoms with E-state index in [1.54, 1.807) is 12.1 Å². The van der Waals surface area contributed by atoms with Crippen LogP contribution in [0.25, 0.3) is 0 Å². The summed E-state index contributed by atoms with van der Waals surface area (Å²) in [5.74, 6) is 0.949. The molecule has 1 saturated heterocycles. The van der Waals surface area contributed by atoms with Gasteiger partial charge in [0.1, 0.15) is 11.5 Å². The van der Waals surface area contributed by atoms with Crippen molar-refractivity contribution in [3.05, 3.63) is 22.8 Å². The molecular formula is C14H20ClN3O. The zero-order chi connectivity index (χ0) is 13.8. The number of pyridine rings is 1.